The molecule has 2 amide bonds. The lowest BCUT2D eigenvalue weighted by Gasteiger charge is -2.33. The third kappa shape index (κ3) is 4.56. The molecule has 1 unspecified atom stereocenters. The van der Waals surface area contributed by atoms with E-state index in [1.807, 2.05) is 42.2 Å². The SMILES string of the molecule is CC(=O)N1CCN(CC(=O)NC(C)c2ccccc2)CC1. The smallest absolute Gasteiger partial charge is 0.234 e. The molecule has 0 saturated carbocycles. The van der Waals surface area contributed by atoms with Crippen LogP contribution >= 0.6 is 0 Å². The molecule has 1 aliphatic rings. The molecule has 21 heavy (non-hydrogen) atoms. The quantitative estimate of drug-likeness (QED) is 0.900. The Balaban J connectivity index is 1.76. The topological polar surface area (TPSA) is 52.7 Å². The first kappa shape index (κ1) is 15.5. The van der Waals surface area contributed by atoms with Crippen LogP contribution in [0.5, 0.6) is 0 Å². The van der Waals surface area contributed by atoms with E-state index in [9.17, 15) is 9.59 Å². The van der Waals surface area contributed by atoms with Crippen molar-refractivity contribution >= 4 is 11.8 Å². The van der Waals surface area contributed by atoms with Crippen molar-refractivity contribution in [1.29, 1.82) is 0 Å². The maximum Gasteiger partial charge on any atom is 0.234 e. The minimum absolute atomic E-state index is 0.0113. The Morgan fingerprint density at radius 1 is 1.14 bits per heavy atom. The fraction of sp³-hybridized carbons (Fsp3) is 0.500. The van der Waals surface area contributed by atoms with Crippen molar-refractivity contribution in [2.24, 2.45) is 0 Å². The maximum absolute atomic E-state index is 12.1. The van der Waals surface area contributed by atoms with Gasteiger partial charge in [-0.2, -0.15) is 0 Å². The van der Waals surface area contributed by atoms with Gasteiger partial charge in [0, 0.05) is 33.1 Å². The molecule has 2 rings (SSSR count). The molecule has 1 saturated heterocycles. The number of benzene rings is 1. The molecule has 114 valence electrons. The normalized spacial score (nSPS) is 17.3. The van der Waals surface area contributed by atoms with Crippen LogP contribution < -0.4 is 5.32 Å². The number of carbonyl (C=O) groups is 2. The molecule has 1 atom stereocenters. The first-order chi connectivity index (χ1) is 10.1. The Labute approximate surface area is 125 Å². The van der Waals surface area contributed by atoms with E-state index in [0.29, 0.717) is 19.6 Å². The second-order valence-electron chi connectivity index (χ2n) is 5.48. The van der Waals surface area contributed by atoms with Crippen LogP contribution in [0.15, 0.2) is 30.3 Å². The first-order valence-corrected chi connectivity index (χ1v) is 7.38. The Morgan fingerprint density at radius 2 is 1.76 bits per heavy atom. The summed E-state index contributed by atoms with van der Waals surface area (Å²) in [5.74, 6) is 0.138. The number of rotatable bonds is 4. The van der Waals surface area contributed by atoms with Crippen molar-refractivity contribution < 1.29 is 9.59 Å². The van der Waals surface area contributed by atoms with E-state index in [0.717, 1.165) is 18.7 Å². The van der Waals surface area contributed by atoms with Crippen LogP contribution in [0.25, 0.3) is 0 Å². The summed E-state index contributed by atoms with van der Waals surface area (Å²) in [5, 5.41) is 3.02. The zero-order valence-electron chi connectivity index (χ0n) is 12.7. The number of nitrogens with one attached hydrogen (secondary N) is 1. The summed E-state index contributed by atoms with van der Waals surface area (Å²) in [6, 6.07) is 9.94. The highest BCUT2D eigenvalue weighted by Crippen LogP contribution is 2.11. The van der Waals surface area contributed by atoms with Gasteiger partial charge in [-0.1, -0.05) is 30.3 Å². The molecular weight excluding hydrogens is 266 g/mol. The molecule has 1 fully saturated rings. The lowest BCUT2D eigenvalue weighted by molar-refractivity contribution is -0.131. The molecule has 1 heterocycles. The van der Waals surface area contributed by atoms with Gasteiger partial charge in [0.25, 0.3) is 0 Å². The van der Waals surface area contributed by atoms with Gasteiger partial charge < -0.3 is 10.2 Å². The van der Waals surface area contributed by atoms with E-state index < -0.39 is 0 Å². The maximum atomic E-state index is 12.1. The van der Waals surface area contributed by atoms with E-state index >= 15 is 0 Å². The molecule has 5 nitrogen and oxygen atoms in total. The monoisotopic (exact) mass is 289 g/mol. The summed E-state index contributed by atoms with van der Waals surface area (Å²) in [6.45, 7) is 6.89. The van der Waals surface area contributed by atoms with Crippen LogP contribution in [-0.2, 0) is 9.59 Å². The fourth-order valence-corrected chi connectivity index (χ4v) is 2.54. The van der Waals surface area contributed by atoms with Gasteiger partial charge in [-0.05, 0) is 12.5 Å². The number of hydrogen-bond donors (Lipinski definition) is 1. The number of carbonyl (C=O) groups excluding carboxylic acids is 2. The predicted octanol–water partition coefficient (Wildman–Crippen LogP) is 1.03. The van der Waals surface area contributed by atoms with Crippen LogP contribution in [0.1, 0.15) is 25.5 Å². The second kappa shape index (κ2) is 7.22. The lowest BCUT2D eigenvalue weighted by atomic mass is 10.1. The van der Waals surface area contributed by atoms with Crippen LogP contribution in [0.4, 0.5) is 0 Å². The van der Waals surface area contributed by atoms with Gasteiger partial charge in [0.1, 0.15) is 0 Å². The average Bonchev–Trinajstić information content (AvgIpc) is 2.48. The van der Waals surface area contributed by atoms with E-state index in [4.69, 9.17) is 0 Å². The minimum Gasteiger partial charge on any atom is -0.348 e. The molecule has 1 N–H and O–H groups in total. The summed E-state index contributed by atoms with van der Waals surface area (Å²) < 4.78 is 0. The summed E-state index contributed by atoms with van der Waals surface area (Å²) in [7, 11) is 0. The van der Waals surface area contributed by atoms with E-state index in [1.54, 1.807) is 6.92 Å². The Kier molecular flexibility index (Phi) is 5.33. The Hall–Kier alpha value is -1.88. The summed E-state index contributed by atoms with van der Waals surface area (Å²) >= 11 is 0. The summed E-state index contributed by atoms with van der Waals surface area (Å²) in [6.07, 6.45) is 0. The lowest BCUT2D eigenvalue weighted by Crippen LogP contribution is -2.50. The first-order valence-electron chi connectivity index (χ1n) is 7.38. The zero-order chi connectivity index (χ0) is 15.2. The van der Waals surface area contributed by atoms with Crippen LogP contribution in [0.3, 0.4) is 0 Å². The molecule has 0 aromatic heterocycles. The molecule has 0 bridgehead atoms. The van der Waals surface area contributed by atoms with Crippen molar-refractivity contribution in [3.63, 3.8) is 0 Å². The molecule has 1 aromatic rings. The average molecular weight is 289 g/mol. The van der Waals surface area contributed by atoms with Gasteiger partial charge in [-0.3, -0.25) is 14.5 Å². The number of hydrogen-bond acceptors (Lipinski definition) is 3. The molecule has 0 radical (unpaired) electrons. The van der Waals surface area contributed by atoms with Crippen LogP contribution in [0, 0.1) is 0 Å². The Bertz CT molecular complexity index is 482. The standard InChI is InChI=1S/C16H23N3O2/c1-13(15-6-4-3-5-7-15)17-16(21)12-18-8-10-19(11-9-18)14(2)20/h3-7,13H,8-12H2,1-2H3,(H,17,21). The largest absolute Gasteiger partial charge is 0.348 e. The van der Waals surface area contributed by atoms with Crippen molar-refractivity contribution in [1.82, 2.24) is 15.1 Å². The molecule has 1 aliphatic heterocycles. The van der Waals surface area contributed by atoms with Crippen LogP contribution in [0.2, 0.25) is 0 Å². The van der Waals surface area contributed by atoms with Crippen molar-refractivity contribution in [3.05, 3.63) is 35.9 Å². The van der Waals surface area contributed by atoms with Gasteiger partial charge in [-0.25, -0.2) is 0 Å². The van der Waals surface area contributed by atoms with Gasteiger partial charge in [-0.15, -0.1) is 0 Å². The molecule has 5 heteroatoms. The van der Waals surface area contributed by atoms with Crippen molar-refractivity contribution in [2.45, 2.75) is 19.9 Å². The second-order valence-corrected chi connectivity index (χ2v) is 5.48. The highest BCUT2D eigenvalue weighted by atomic mass is 16.2. The third-order valence-corrected chi connectivity index (χ3v) is 3.86. The highest BCUT2D eigenvalue weighted by molar-refractivity contribution is 5.78. The third-order valence-electron chi connectivity index (χ3n) is 3.86. The Morgan fingerprint density at radius 3 is 2.33 bits per heavy atom. The van der Waals surface area contributed by atoms with Gasteiger partial charge in [0.15, 0.2) is 0 Å². The minimum atomic E-state index is 0.0113. The molecular formula is C16H23N3O2. The summed E-state index contributed by atoms with van der Waals surface area (Å²) in [4.78, 5) is 27.2. The van der Waals surface area contributed by atoms with E-state index in [-0.39, 0.29) is 17.9 Å². The van der Waals surface area contributed by atoms with Gasteiger partial charge >= 0.3 is 0 Å². The number of nitrogens with zero attached hydrogens (tertiary/aromatic N) is 2. The zero-order valence-corrected chi connectivity index (χ0v) is 12.7. The van der Waals surface area contributed by atoms with Gasteiger partial charge in [0.2, 0.25) is 11.8 Å². The summed E-state index contributed by atoms with van der Waals surface area (Å²) in [5.41, 5.74) is 1.10. The predicted molar refractivity (Wildman–Crippen MR) is 81.7 cm³/mol. The highest BCUT2D eigenvalue weighted by Gasteiger charge is 2.20. The molecule has 1 aromatic carbocycles. The number of piperazine rings is 1. The van der Waals surface area contributed by atoms with Gasteiger partial charge in [0.05, 0.1) is 12.6 Å². The van der Waals surface area contributed by atoms with Crippen molar-refractivity contribution in [2.75, 3.05) is 32.7 Å². The van der Waals surface area contributed by atoms with Crippen LogP contribution in [-0.4, -0.2) is 54.3 Å². The van der Waals surface area contributed by atoms with Crippen molar-refractivity contribution in [3.8, 4) is 0 Å². The molecule has 0 aliphatic carbocycles. The van der Waals surface area contributed by atoms with E-state index in [1.165, 1.54) is 0 Å². The molecule has 0 spiro atoms. The number of amides is 2. The fourth-order valence-electron chi connectivity index (χ4n) is 2.54. The van der Waals surface area contributed by atoms with E-state index in [2.05, 4.69) is 10.2 Å².